The number of aryl methyl sites for hydroxylation is 1. The Morgan fingerprint density at radius 3 is 2.47 bits per heavy atom. The molecule has 3 aromatic rings. The molecule has 3 amide bonds. The molecule has 9 heteroatoms. The van der Waals surface area contributed by atoms with Gasteiger partial charge in [-0.05, 0) is 49.2 Å². The number of hydrogen-bond donors (Lipinski definition) is 1. The van der Waals surface area contributed by atoms with Crippen LogP contribution in [0.2, 0.25) is 0 Å². The maximum absolute atomic E-state index is 13.6. The van der Waals surface area contributed by atoms with Crippen LogP contribution >= 0.6 is 0 Å². The highest BCUT2D eigenvalue weighted by molar-refractivity contribution is 5.97. The number of hydrogen-bond acceptors (Lipinski definition) is 4. The summed E-state index contributed by atoms with van der Waals surface area (Å²) in [5.74, 6) is -1.24. The predicted octanol–water partition coefficient (Wildman–Crippen LogP) is 3.25. The van der Waals surface area contributed by atoms with Gasteiger partial charge in [0.15, 0.2) is 5.69 Å². The van der Waals surface area contributed by atoms with E-state index >= 15 is 0 Å². The molecular weight excluding hydrogens is 461 g/mol. The molecule has 2 aromatic carbocycles. The largest absolute Gasteiger partial charge is 0.336 e. The van der Waals surface area contributed by atoms with E-state index in [1.54, 1.807) is 21.5 Å². The fraction of sp³-hybridized carbons (Fsp3) is 0.333. The third kappa shape index (κ3) is 4.73. The van der Waals surface area contributed by atoms with Crippen molar-refractivity contribution in [3.05, 3.63) is 82.9 Å². The van der Waals surface area contributed by atoms with Gasteiger partial charge >= 0.3 is 0 Å². The number of piperidine rings is 1. The quantitative estimate of drug-likeness (QED) is 0.610. The Labute approximate surface area is 208 Å². The minimum Gasteiger partial charge on any atom is -0.336 e. The normalized spacial score (nSPS) is 17.4. The van der Waals surface area contributed by atoms with Gasteiger partial charge in [0.05, 0.1) is 12.5 Å². The van der Waals surface area contributed by atoms with Crippen LogP contribution < -0.4 is 5.32 Å². The number of anilines is 1. The highest BCUT2D eigenvalue weighted by Gasteiger charge is 2.34. The summed E-state index contributed by atoms with van der Waals surface area (Å²) in [5, 5.41) is 7.46. The molecule has 2 aliphatic heterocycles. The molecule has 0 aliphatic carbocycles. The summed E-state index contributed by atoms with van der Waals surface area (Å²) >= 11 is 0. The van der Waals surface area contributed by atoms with Gasteiger partial charge in [-0.15, -0.1) is 0 Å². The van der Waals surface area contributed by atoms with E-state index in [9.17, 15) is 18.8 Å². The van der Waals surface area contributed by atoms with Crippen LogP contribution in [0.3, 0.4) is 0 Å². The smallest absolute Gasteiger partial charge is 0.274 e. The lowest BCUT2D eigenvalue weighted by atomic mass is 9.96. The van der Waals surface area contributed by atoms with E-state index < -0.39 is 5.82 Å². The van der Waals surface area contributed by atoms with Gasteiger partial charge in [0.1, 0.15) is 5.82 Å². The third-order valence-electron chi connectivity index (χ3n) is 6.94. The van der Waals surface area contributed by atoms with Gasteiger partial charge in [-0.2, -0.15) is 5.10 Å². The second-order valence-corrected chi connectivity index (χ2v) is 9.33. The number of rotatable bonds is 4. The van der Waals surface area contributed by atoms with E-state index in [-0.39, 0.29) is 30.2 Å². The Morgan fingerprint density at radius 2 is 1.72 bits per heavy atom. The molecule has 0 saturated carbocycles. The summed E-state index contributed by atoms with van der Waals surface area (Å²) < 4.78 is 15.0. The first-order valence-corrected chi connectivity index (χ1v) is 12.2. The van der Waals surface area contributed by atoms with Crippen molar-refractivity contribution in [3.8, 4) is 0 Å². The molecule has 3 heterocycles. The van der Waals surface area contributed by atoms with Gasteiger partial charge in [0.25, 0.3) is 11.8 Å². The number of amides is 3. The molecular formula is C27H28FN5O3. The van der Waals surface area contributed by atoms with Crippen molar-refractivity contribution >= 4 is 23.4 Å². The standard InChI is InChI=1S/C27H28FN5O3/c1-31-23-13-15-33(26(35)18-9-11-20(28)12-10-18)17-22(23)24(30-31)27(36)32-14-5-6-19(16-32)25(34)29-21-7-3-2-4-8-21/h2-4,7-12,19H,5-6,13-17H2,1H3,(H,29,34)/t19-/m0/s1. The highest BCUT2D eigenvalue weighted by Crippen LogP contribution is 2.27. The molecule has 0 unspecified atom stereocenters. The van der Waals surface area contributed by atoms with Crippen LogP contribution in [0.1, 0.15) is 44.9 Å². The number of aromatic nitrogens is 2. The van der Waals surface area contributed by atoms with E-state index in [2.05, 4.69) is 10.4 Å². The van der Waals surface area contributed by atoms with Gasteiger partial charge in [0, 0.05) is 55.6 Å². The van der Waals surface area contributed by atoms with E-state index in [1.807, 2.05) is 30.3 Å². The first kappa shape index (κ1) is 23.7. The number of carbonyl (C=O) groups excluding carboxylic acids is 3. The van der Waals surface area contributed by atoms with Crippen LogP contribution in [-0.4, -0.2) is 56.9 Å². The molecule has 1 atom stereocenters. The van der Waals surface area contributed by atoms with Crippen molar-refractivity contribution in [2.75, 3.05) is 25.0 Å². The first-order valence-electron chi connectivity index (χ1n) is 12.2. The van der Waals surface area contributed by atoms with Crippen LogP contribution in [0.5, 0.6) is 0 Å². The SMILES string of the molecule is Cn1nc(C(=O)N2CCC[C@H](C(=O)Nc3ccccc3)C2)c2c1CCN(C(=O)c1ccc(F)cc1)C2. The van der Waals surface area contributed by atoms with Crippen LogP contribution in [-0.2, 0) is 24.8 Å². The minimum absolute atomic E-state index is 0.0992. The topological polar surface area (TPSA) is 87.5 Å². The van der Waals surface area contributed by atoms with Crippen LogP contribution in [0, 0.1) is 11.7 Å². The number of halogens is 1. The second-order valence-electron chi connectivity index (χ2n) is 9.33. The summed E-state index contributed by atoms with van der Waals surface area (Å²) in [6.45, 7) is 1.62. The van der Waals surface area contributed by atoms with Gasteiger partial charge in [-0.25, -0.2) is 4.39 Å². The Balaban J connectivity index is 1.31. The summed E-state index contributed by atoms with van der Waals surface area (Å²) in [4.78, 5) is 42.8. The van der Waals surface area contributed by atoms with E-state index in [1.165, 1.54) is 24.3 Å². The summed E-state index contributed by atoms with van der Waals surface area (Å²) in [7, 11) is 1.80. The zero-order chi connectivity index (χ0) is 25.2. The Kier molecular flexibility index (Phi) is 6.54. The second kappa shape index (κ2) is 9.93. The number of benzene rings is 2. The van der Waals surface area contributed by atoms with Crippen molar-refractivity contribution in [2.24, 2.45) is 13.0 Å². The fourth-order valence-corrected chi connectivity index (χ4v) is 5.00. The van der Waals surface area contributed by atoms with E-state index in [4.69, 9.17) is 0 Å². The average molecular weight is 490 g/mol. The van der Waals surface area contributed by atoms with Crippen LogP contribution in [0.4, 0.5) is 10.1 Å². The zero-order valence-electron chi connectivity index (χ0n) is 20.1. The first-order chi connectivity index (χ1) is 17.4. The van der Waals surface area contributed by atoms with Crippen molar-refractivity contribution in [3.63, 3.8) is 0 Å². The number of carbonyl (C=O) groups is 3. The number of nitrogens with one attached hydrogen (secondary N) is 1. The molecule has 0 bridgehead atoms. The van der Waals surface area contributed by atoms with E-state index in [0.717, 1.165) is 23.4 Å². The van der Waals surface area contributed by atoms with Crippen molar-refractivity contribution in [2.45, 2.75) is 25.8 Å². The van der Waals surface area contributed by atoms with Crippen molar-refractivity contribution < 1.29 is 18.8 Å². The van der Waals surface area contributed by atoms with Crippen LogP contribution in [0.15, 0.2) is 54.6 Å². The number of likely N-dealkylation sites (tertiary alicyclic amines) is 1. The number of para-hydroxylation sites is 1. The number of nitrogens with zero attached hydrogens (tertiary/aromatic N) is 4. The number of fused-ring (bicyclic) bond motifs is 1. The molecule has 1 saturated heterocycles. The van der Waals surface area contributed by atoms with Gasteiger partial charge < -0.3 is 15.1 Å². The lowest BCUT2D eigenvalue weighted by Gasteiger charge is -2.32. The molecule has 0 spiro atoms. The highest BCUT2D eigenvalue weighted by atomic mass is 19.1. The molecule has 2 aliphatic rings. The summed E-state index contributed by atoms with van der Waals surface area (Å²) in [6.07, 6.45) is 2.01. The van der Waals surface area contributed by atoms with Gasteiger partial charge in [-0.1, -0.05) is 18.2 Å². The summed E-state index contributed by atoms with van der Waals surface area (Å²) in [5.41, 5.74) is 3.13. The molecule has 5 rings (SSSR count). The Hall–Kier alpha value is -4.01. The molecule has 8 nitrogen and oxygen atoms in total. The average Bonchev–Trinajstić information content (AvgIpc) is 3.24. The Morgan fingerprint density at radius 1 is 0.972 bits per heavy atom. The van der Waals surface area contributed by atoms with Crippen LogP contribution in [0.25, 0.3) is 0 Å². The predicted molar refractivity (Wildman–Crippen MR) is 132 cm³/mol. The fourth-order valence-electron chi connectivity index (χ4n) is 5.00. The van der Waals surface area contributed by atoms with Crippen molar-refractivity contribution in [1.82, 2.24) is 19.6 Å². The summed E-state index contributed by atoms with van der Waals surface area (Å²) in [6, 6.07) is 14.8. The lowest BCUT2D eigenvalue weighted by Crippen LogP contribution is -2.44. The third-order valence-corrected chi connectivity index (χ3v) is 6.94. The van der Waals surface area contributed by atoms with Gasteiger partial charge in [-0.3, -0.25) is 19.1 Å². The monoisotopic (exact) mass is 489 g/mol. The molecule has 1 fully saturated rings. The molecule has 36 heavy (non-hydrogen) atoms. The molecule has 186 valence electrons. The Bertz CT molecular complexity index is 1290. The minimum atomic E-state index is -0.398. The lowest BCUT2D eigenvalue weighted by molar-refractivity contribution is -0.121. The zero-order valence-corrected chi connectivity index (χ0v) is 20.1. The maximum Gasteiger partial charge on any atom is 0.274 e. The van der Waals surface area contributed by atoms with Gasteiger partial charge in [0.2, 0.25) is 5.91 Å². The van der Waals surface area contributed by atoms with Crippen molar-refractivity contribution in [1.29, 1.82) is 0 Å². The van der Waals surface area contributed by atoms with E-state index in [0.29, 0.717) is 43.7 Å². The molecule has 0 radical (unpaired) electrons. The molecule has 1 N–H and O–H groups in total. The maximum atomic E-state index is 13.6. The molecule has 1 aromatic heterocycles.